The molecule has 148 valence electrons. The lowest BCUT2D eigenvalue weighted by Crippen LogP contribution is -2.32. The second kappa shape index (κ2) is 8.00. The van der Waals surface area contributed by atoms with E-state index in [2.05, 4.69) is 10.4 Å². The summed E-state index contributed by atoms with van der Waals surface area (Å²) in [6.45, 7) is -0.354. The summed E-state index contributed by atoms with van der Waals surface area (Å²) in [5.41, 5.74) is 7.31. The van der Waals surface area contributed by atoms with E-state index >= 15 is 0 Å². The molecule has 0 unspecified atom stereocenters. The van der Waals surface area contributed by atoms with Crippen LogP contribution >= 0.6 is 0 Å². The summed E-state index contributed by atoms with van der Waals surface area (Å²) >= 11 is 0. The van der Waals surface area contributed by atoms with Crippen LogP contribution in [0.4, 0.5) is 5.69 Å². The van der Waals surface area contributed by atoms with Crippen LogP contribution in [-0.4, -0.2) is 21.6 Å². The summed E-state index contributed by atoms with van der Waals surface area (Å²) in [5, 5.41) is 7.50. The van der Waals surface area contributed by atoms with Gasteiger partial charge in [0, 0.05) is 16.6 Å². The van der Waals surface area contributed by atoms with Crippen molar-refractivity contribution in [3.05, 3.63) is 94.9 Å². The number of rotatable bonds is 5. The van der Waals surface area contributed by atoms with E-state index in [4.69, 9.17) is 5.73 Å². The van der Waals surface area contributed by atoms with Gasteiger partial charge in [-0.3, -0.25) is 14.4 Å². The van der Waals surface area contributed by atoms with Crippen molar-refractivity contribution in [2.45, 2.75) is 6.54 Å². The van der Waals surface area contributed by atoms with Crippen LogP contribution < -0.4 is 16.6 Å². The standard InChI is InChI=1S/C23H18N4O3/c24-22(29)21-17-11-4-5-12-18(17)23(30)27(26-21)14-20(28)25-19-13-7-6-10-16(19)15-8-2-1-3-9-15/h1-13H,14H2,(H2,24,29)(H,25,28). The number of nitrogens with two attached hydrogens (primary N) is 1. The number of carbonyl (C=O) groups is 2. The van der Waals surface area contributed by atoms with Crippen molar-refractivity contribution in [2.24, 2.45) is 5.73 Å². The summed E-state index contributed by atoms with van der Waals surface area (Å²) in [5.74, 6) is -1.21. The van der Waals surface area contributed by atoms with Crippen LogP contribution in [-0.2, 0) is 11.3 Å². The fourth-order valence-corrected chi connectivity index (χ4v) is 3.31. The van der Waals surface area contributed by atoms with Gasteiger partial charge in [0.15, 0.2) is 5.69 Å². The zero-order valence-electron chi connectivity index (χ0n) is 15.9. The molecule has 0 aliphatic heterocycles. The predicted molar refractivity (Wildman–Crippen MR) is 115 cm³/mol. The van der Waals surface area contributed by atoms with Crippen molar-refractivity contribution in [1.29, 1.82) is 0 Å². The first-order valence-electron chi connectivity index (χ1n) is 9.28. The van der Waals surface area contributed by atoms with Crippen LogP contribution in [0.25, 0.3) is 21.9 Å². The number of benzene rings is 3. The topological polar surface area (TPSA) is 107 Å². The Bertz CT molecular complexity index is 1310. The lowest BCUT2D eigenvalue weighted by atomic mass is 10.0. The molecule has 0 saturated heterocycles. The summed E-state index contributed by atoms with van der Waals surface area (Å²) in [6, 6.07) is 23.5. The van der Waals surface area contributed by atoms with Crippen LogP contribution in [0.2, 0.25) is 0 Å². The highest BCUT2D eigenvalue weighted by Gasteiger charge is 2.16. The normalized spacial score (nSPS) is 10.7. The van der Waals surface area contributed by atoms with Gasteiger partial charge >= 0.3 is 0 Å². The molecule has 0 saturated carbocycles. The number of amides is 2. The average molecular weight is 398 g/mol. The number of para-hydroxylation sites is 1. The molecule has 2 amide bonds. The molecule has 0 radical (unpaired) electrons. The van der Waals surface area contributed by atoms with Crippen LogP contribution in [0.15, 0.2) is 83.7 Å². The van der Waals surface area contributed by atoms with Gasteiger partial charge in [-0.1, -0.05) is 66.7 Å². The third-order valence-electron chi connectivity index (χ3n) is 4.68. The number of carbonyl (C=O) groups excluding carboxylic acids is 2. The number of anilines is 1. The van der Waals surface area contributed by atoms with Gasteiger partial charge in [0.05, 0.1) is 5.39 Å². The zero-order chi connectivity index (χ0) is 21.1. The van der Waals surface area contributed by atoms with Crippen molar-refractivity contribution in [3.63, 3.8) is 0 Å². The molecule has 0 bridgehead atoms. The molecule has 3 N–H and O–H groups in total. The second-order valence-corrected chi connectivity index (χ2v) is 6.68. The minimum atomic E-state index is -0.769. The molecule has 0 atom stereocenters. The summed E-state index contributed by atoms with van der Waals surface area (Å²) in [4.78, 5) is 37.3. The van der Waals surface area contributed by atoms with Crippen LogP contribution in [0.1, 0.15) is 10.5 Å². The first-order valence-corrected chi connectivity index (χ1v) is 9.28. The number of primary amides is 1. The molecule has 4 aromatic rings. The first kappa shape index (κ1) is 19.1. The van der Waals surface area contributed by atoms with E-state index in [-0.39, 0.29) is 17.6 Å². The van der Waals surface area contributed by atoms with Gasteiger partial charge in [-0.05, 0) is 17.7 Å². The van der Waals surface area contributed by atoms with Gasteiger partial charge in [0.2, 0.25) is 5.91 Å². The number of hydrogen-bond acceptors (Lipinski definition) is 4. The highest BCUT2D eigenvalue weighted by Crippen LogP contribution is 2.27. The SMILES string of the molecule is NC(=O)c1nn(CC(=O)Nc2ccccc2-c2ccccc2)c(=O)c2ccccc12. The quantitative estimate of drug-likeness (QED) is 0.539. The summed E-state index contributed by atoms with van der Waals surface area (Å²) in [6.07, 6.45) is 0. The van der Waals surface area contributed by atoms with Crippen LogP contribution in [0.5, 0.6) is 0 Å². The molecular weight excluding hydrogens is 380 g/mol. The van der Waals surface area contributed by atoms with Gasteiger partial charge in [-0.25, -0.2) is 4.68 Å². The lowest BCUT2D eigenvalue weighted by Gasteiger charge is -2.13. The van der Waals surface area contributed by atoms with Crippen LogP contribution in [0, 0.1) is 0 Å². The highest BCUT2D eigenvalue weighted by molar-refractivity contribution is 6.04. The Labute approximate surface area is 171 Å². The maximum Gasteiger partial charge on any atom is 0.275 e. The molecule has 4 rings (SSSR count). The second-order valence-electron chi connectivity index (χ2n) is 6.68. The molecule has 30 heavy (non-hydrogen) atoms. The van der Waals surface area contributed by atoms with Crippen molar-refractivity contribution >= 4 is 28.3 Å². The number of fused-ring (bicyclic) bond motifs is 1. The van der Waals surface area contributed by atoms with E-state index in [0.29, 0.717) is 11.1 Å². The average Bonchev–Trinajstić information content (AvgIpc) is 2.76. The van der Waals surface area contributed by atoms with E-state index in [1.165, 1.54) is 0 Å². The number of nitrogens with one attached hydrogen (secondary N) is 1. The van der Waals surface area contributed by atoms with Gasteiger partial charge < -0.3 is 11.1 Å². The Morgan fingerprint density at radius 3 is 2.23 bits per heavy atom. The number of aromatic nitrogens is 2. The fraction of sp³-hybridized carbons (Fsp3) is 0.0435. The summed E-state index contributed by atoms with van der Waals surface area (Å²) < 4.78 is 0.961. The smallest absolute Gasteiger partial charge is 0.275 e. The van der Waals surface area contributed by atoms with Gasteiger partial charge in [0.1, 0.15) is 6.54 Å². The Morgan fingerprint density at radius 1 is 0.867 bits per heavy atom. The molecule has 7 nitrogen and oxygen atoms in total. The molecular formula is C23H18N4O3. The maximum atomic E-state index is 12.7. The largest absolute Gasteiger partial charge is 0.364 e. The monoisotopic (exact) mass is 398 g/mol. The number of hydrogen-bond donors (Lipinski definition) is 2. The Kier molecular flexibility index (Phi) is 5.09. The van der Waals surface area contributed by atoms with E-state index in [1.807, 2.05) is 48.5 Å². The van der Waals surface area contributed by atoms with Gasteiger partial charge in [0.25, 0.3) is 11.5 Å². The minimum absolute atomic E-state index is 0.0531. The molecule has 7 heteroatoms. The Balaban J connectivity index is 1.67. The Hall–Kier alpha value is -4.26. The Morgan fingerprint density at radius 2 is 1.50 bits per heavy atom. The molecule has 1 heterocycles. The third-order valence-corrected chi connectivity index (χ3v) is 4.68. The maximum absolute atomic E-state index is 12.7. The highest BCUT2D eigenvalue weighted by atomic mass is 16.2. The number of nitrogens with zero attached hydrogens (tertiary/aromatic N) is 2. The van der Waals surface area contributed by atoms with E-state index < -0.39 is 17.4 Å². The third kappa shape index (κ3) is 3.68. The molecule has 0 spiro atoms. The lowest BCUT2D eigenvalue weighted by molar-refractivity contribution is -0.117. The zero-order valence-corrected chi connectivity index (χ0v) is 15.9. The molecule has 1 aromatic heterocycles. The van der Waals surface area contributed by atoms with Crippen LogP contribution in [0.3, 0.4) is 0 Å². The van der Waals surface area contributed by atoms with E-state index in [1.54, 1.807) is 30.3 Å². The first-order chi connectivity index (χ1) is 14.5. The molecule has 3 aromatic carbocycles. The fourth-order valence-electron chi connectivity index (χ4n) is 3.31. The molecule has 0 aliphatic carbocycles. The molecule has 0 fully saturated rings. The van der Waals surface area contributed by atoms with Gasteiger partial charge in [-0.2, -0.15) is 5.10 Å². The van der Waals surface area contributed by atoms with Crippen molar-refractivity contribution in [3.8, 4) is 11.1 Å². The minimum Gasteiger partial charge on any atom is -0.364 e. The van der Waals surface area contributed by atoms with E-state index in [9.17, 15) is 14.4 Å². The van der Waals surface area contributed by atoms with Crippen molar-refractivity contribution in [2.75, 3.05) is 5.32 Å². The van der Waals surface area contributed by atoms with Gasteiger partial charge in [-0.15, -0.1) is 0 Å². The molecule has 0 aliphatic rings. The van der Waals surface area contributed by atoms with Crippen molar-refractivity contribution < 1.29 is 9.59 Å². The van der Waals surface area contributed by atoms with Crippen molar-refractivity contribution in [1.82, 2.24) is 9.78 Å². The van der Waals surface area contributed by atoms with E-state index in [0.717, 1.165) is 15.8 Å². The predicted octanol–water partition coefficient (Wildman–Crippen LogP) is 2.80. The summed E-state index contributed by atoms with van der Waals surface area (Å²) in [7, 11) is 0.